The van der Waals surface area contributed by atoms with Crippen LogP contribution < -0.4 is 5.32 Å². The van der Waals surface area contributed by atoms with Crippen molar-refractivity contribution in [2.75, 3.05) is 6.54 Å². The van der Waals surface area contributed by atoms with Gasteiger partial charge in [0.05, 0.1) is 0 Å². The van der Waals surface area contributed by atoms with Gasteiger partial charge in [-0.3, -0.25) is 4.90 Å². The van der Waals surface area contributed by atoms with Crippen molar-refractivity contribution in [1.82, 2.24) is 10.2 Å². The third-order valence-electron chi connectivity index (χ3n) is 5.46. The van der Waals surface area contributed by atoms with E-state index < -0.39 is 0 Å². The summed E-state index contributed by atoms with van der Waals surface area (Å²) in [5, 5.41) is 3.96. The molecule has 0 spiro atoms. The second-order valence-corrected chi connectivity index (χ2v) is 7.08. The Morgan fingerprint density at radius 1 is 1.05 bits per heavy atom. The van der Waals surface area contributed by atoms with E-state index in [1.165, 1.54) is 45.1 Å². The highest BCUT2D eigenvalue weighted by Crippen LogP contribution is 2.33. The third-order valence-corrected chi connectivity index (χ3v) is 5.46. The van der Waals surface area contributed by atoms with E-state index in [4.69, 9.17) is 0 Å². The fourth-order valence-electron chi connectivity index (χ4n) is 4.27. The molecule has 2 heteroatoms. The van der Waals surface area contributed by atoms with Gasteiger partial charge in [-0.1, -0.05) is 24.3 Å². The average Bonchev–Trinajstić information content (AvgIpc) is 3.23. The topological polar surface area (TPSA) is 15.3 Å². The standard InChI is InChI=1S/C18H26N2/c1-13-10-17(12-20(13)18-8-9-18)19-16-7-6-14-4-2-3-5-15(14)11-16/h2-5,13,16-19H,6-12H2,1H3. The van der Waals surface area contributed by atoms with Crippen LogP contribution in [0.4, 0.5) is 0 Å². The molecule has 1 aliphatic heterocycles. The summed E-state index contributed by atoms with van der Waals surface area (Å²) < 4.78 is 0. The van der Waals surface area contributed by atoms with Crippen LogP contribution in [0.3, 0.4) is 0 Å². The number of benzene rings is 1. The summed E-state index contributed by atoms with van der Waals surface area (Å²) in [6, 6.07) is 12.1. The summed E-state index contributed by atoms with van der Waals surface area (Å²) in [6.45, 7) is 3.69. The molecule has 2 nitrogen and oxygen atoms in total. The summed E-state index contributed by atoms with van der Waals surface area (Å²) in [5.41, 5.74) is 3.14. The second kappa shape index (κ2) is 5.16. The van der Waals surface area contributed by atoms with E-state index >= 15 is 0 Å². The van der Waals surface area contributed by atoms with E-state index in [9.17, 15) is 0 Å². The summed E-state index contributed by atoms with van der Waals surface area (Å²) in [5.74, 6) is 0. The van der Waals surface area contributed by atoms with Crippen molar-refractivity contribution >= 4 is 0 Å². The zero-order valence-electron chi connectivity index (χ0n) is 12.5. The van der Waals surface area contributed by atoms with E-state index in [2.05, 4.69) is 41.4 Å². The Labute approximate surface area is 122 Å². The van der Waals surface area contributed by atoms with Crippen LogP contribution in [0.15, 0.2) is 24.3 Å². The summed E-state index contributed by atoms with van der Waals surface area (Å²) in [4.78, 5) is 2.74. The van der Waals surface area contributed by atoms with Gasteiger partial charge in [0.2, 0.25) is 0 Å². The second-order valence-electron chi connectivity index (χ2n) is 7.08. The highest BCUT2D eigenvalue weighted by atomic mass is 15.3. The predicted molar refractivity (Wildman–Crippen MR) is 83.0 cm³/mol. The molecule has 20 heavy (non-hydrogen) atoms. The van der Waals surface area contributed by atoms with Crippen LogP contribution in [0.5, 0.6) is 0 Å². The number of nitrogens with one attached hydrogen (secondary N) is 1. The molecule has 0 amide bonds. The maximum Gasteiger partial charge on any atom is 0.0212 e. The molecule has 1 N–H and O–H groups in total. The molecule has 2 fully saturated rings. The van der Waals surface area contributed by atoms with Crippen LogP contribution >= 0.6 is 0 Å². The molecule has 1 saturated carbocycles. The zero-order chi connectivity index (χ0) is 13.5. The molecule has 0 bridgehead atoms. The maximum atomic E-state index is 3.96. The third kappa shape index (κ3) is 2.51. The lowest BCUT2D eigenvalue weighted by Gasteiger charge is -2.28. The number of hydrogen-bond acceptors (Lipinski definition) is 2. The van der Waals surface area contributed by atoms with Crippen molar-refractivity contribution in [3.63, 3.8) is 0 Å². The first-order valence-corrected chi connectivity index (χ1v) is 8.38. The van der Waals surface area contributed by atoms with Crippen molar-refractivity contribution in [2.24, 2.45) is 0 Å². The molecule has 3 aliphatic rings. The van der Waals surface area contributed by atoms with E-state index in [-0.39, 0.29) is 0 Å². The molecule has 1 saturated heterocycles. The van der Waals surface area contributed by atoms with E-state index in [1.54, 1.807) is 11.1 Å². The van der Waals surface area contributed by atoms with Crippen molar-refractivity contribution in [2.45, 2.75) is 69.6 Å². The Balaban J connectivity index is 1.36. The number of hydrogen-bond donors (Lipinski definition) is 1. The fraction of sp³-hybridized carbons (Fsp3) is 0.667. The largest absolute Gasteiger partial charge is 0.310 e. The molecule has 4 rings (SSSR count). The molecule has 1 aromatic rings. The van der Waals surface area contributed by atoms with Crippen molar-refractivity contribution in [3.8, 4) is 0 Å². The van der Waals surface area contributed by atoms with Crippen molar-refractivity contribution in [3.05, 3.63) is 35.4 Å². The van der Waals surface area contributed by atoms with E-state index in [0.717, 1.165) is 18.1 Å². The van der Waals surface area contributed by atoms with Gasteiger partial charge in [-0.25, -0.2) is 0 Å². The van der Waals surface area contributed by atoms with Gasteiger partial charge in [-0.15, -0.1) is 0 Å². The number of likely N-dealkylation sites (tertiary alicyclic amines) is 1. The number of nitrogens with zero attached hydrogens (tertiary/aromatic N) is 1. The minimum absolute atomic E-state index is 0.696. The Bertz CT molecular complexity index is 480. The van der Waals surface area contributed by atoms with Gasteiger partial charge in [-0.05, 0) is 56.6 Å². The Morgan fingerprint density at radius 3 is 2.65 bits per heavy atom. The Morgan fingerprint density at radius 2 is 1.85 bits per heavy atom. The summed E-state index contributed by atoms with van der Waals surface area (Å²) >= 11 is 0. The van der Waals surface area contributed by atoms with Crippen LogP contribution in [0.25, 0.3) is 0 Å². The lowest BCUT2D eigenvalue weighted by Crippen LogP contribution is -2.43. The molecule has 2 aliphatic carbocycles. The van der Waals surface area contributed by atoms with Crippen molar-refractivity contribution < 1.29 is 0 Å². The average molecular weight is 270 g/mol. The molecule has 3 atom stereocenters. The van der Waals surface area contributed by atoms with Crippen LogP contribution in [0.1, 0.15) is 43.7 Å². The van der Waals surface area contributed by atoms with Crippen LogP contribution in [0.2, 0.25) is 0 Å². The zero-order valence-corrected chi connectivity index (χ0v) is 12.5. The fourth-order valence-corrected chi connectivity index (χ4v) is 4.27. The van der Waals surface area contributed by atoms with Gasteiger partial charge in [0.15, 0.2) is 0 Å². The Kier molecular flexibility index (Phi) is 3.31. The molecule has 1 heterocycles. The normalized spacial score (nSPS) is 34.1. The lowest BCUT2D eigenvalue weighted by molar-refractivity contribution is 0.253. The predicted octanol–water partition coefficient (Wildman–Crippen LogP) is 2.76. The molecular weight excluding hydrogens is 244 g/mol. The molecule has 0 radical (unpaired) electrons. The maximum absolute atomic E-state index is 3.96. The van der Waals surface area contributed by atoms with Gasteiger partial charge >= 0.3 is 0 Å². The van der Waals surface area contributed by atoms with Gasteiger partial charge < -0.3 is 5.32 Å². The van der Waals surface area contributed by atoms with E-state index in [1.807, 2.05) is 0 Å². The SMILES string of the molecule is CC1CC(NC2CCc3ccccc3C2)CN1C1CC1. The summed E-state index contributed by atoms with van der Waals surface area (Å²) in [7, 11) is 0. The quantitative estimate of drug-likeness (QED) is 0.908. The number of aryl methyl sites for hydroxylation is 1. The van der Waals surface area contributed by atoms with Crippen LogP contribution in [-0.2, 0) is 12.8 Å². The first-order valence-electron chi connectivity index (χ1n) is 8.38. The van der Waals surface area contributed by atoms with Crippen LogP contribution in [-0.4, -0.2) is 35.6 Å². The number of rotatable bonds is 3. The molecule has 108 valence electrons. The van der Waals surface area contributed by atoms with E-state index in [0.29, 0.717) is 6.04 Å². The highest BCUT2D eigenvalue weighted by molar-refractivity contribution is 5.30. The highest BCUT2D eigenvalue weighted by Gasteiger charge is 2.39. The molecule has 0 aromatic heterocycles. The lowest BCUT2D eigenvalue weighted by atomic mass is 9.88. The first-order chi connectivity index (χ1) is 9.79. The van der Waals surface area contributed by atoms with Gasteiger partial charge in [0.25, 0.3) is 0 Å². The van der Waals surface area contributed by atoms with Gasteiger partial charge in [0, 0.05) is 30.7 Å². The minimum Gasteiger partial charge on any atom is -0.310 e. The minimum atomic E-state index is 0.696. The monoisotopic (exact) mass is 270 g/mol. The van der Waals surface area contributed by atoms with Crippen LogP contribution in [0, 0.1) is 0 Å². The molecule has 1 aromatic carbocycles. The number of fused-ring (bicyclic) bond motifs is 1. The summed E-state index contributed by atoms with van der Waals surface area (Å²) in [6.07, 6.45) is 8.01. The van der Waals surface area contributed by atoms with Crippen molar-refractivity contribution in [1.29, 1.82) is 0 Å². The van der Waals surface area contributed by atoms with Gasteiger partial charge in [0.1, 0.15) is 0 Å². The smallest absolute Gasteiger partial charge is 0.0212 e. The molecule has 3 unspecified atom stereocenters. The Hall–Kier alpha value is -0.860. The van der Waals surface area contributed by atoms with Gasteiger partial charge in [-0.2, -0.15) is 0 Å². The first kappa shape index (κ1) is 12.8. The molecular formula is C18H26N2.